The summed E-state index contributed by atoms with van der Waals surface area (Å²) in [5.41, 5.74) is 1.91. The molecule has 8 nitrogen and oxygen atoms in total. The number of furan rings is 1. The Morgan fingerprint density at radius 3 is 2.26 bits per heavy atom. The van der Waals surface area contributed by atoms with Crippen molar-refractivity contribution >= 4 is 28.8 Å². The van der Waals surface area contributed by atoms with Crippen LogP contribution in [0.2, 0.25) is 0 Å². The molecular formula is C27H22O8. The van der Waals surface area contributed by atoms with Gasteiger partial charge in [-0.1, -0.05) is 24.3 Å². The third-order valence-electron chi connectivity index (χ3n) is 5.62. The van der Waals surface area contributed by atoms with E-state index >= 15 is 0 Å². The largest absolute Gasteiger partial charge is 0.508 e. The summed E-state index contributed by atoms with van der Waals surface area (Å²) in [6.45, 7) is 0. The highest BCUT2D eigenvalue weighted by Crippen LogP contribution is 2.37. The van der Waals surface area contributed by atoms with Crippen molar-refractivity contribution in [1.29, 1.82) is 0 Å². The Labute approximate surface area is 199 Å². The van der Waals surface area contributed by atoms with Crippen LogP contribution in [0.3, 0.4) is 0 Å². The molecule has 0 amide bonds. The van der Waals surface area contributed by atoms with Crippen molar-refractivity contribution in [2.24, 2.45) is 5.92 Å². The summed E-state index contributed by atoms with van der Waals surface area (Å²) in [6, 6.07) is 15.0. The van der Waals surface area contributed by atoms with Gasteiger partial charge in [0.2, 0.25) is 0 Å². The normalized spacial score (nSPS) is 12.2. The topological polar surface area (TPSA) is 148 Å². The number of allylic oxidation sites excluding steroid dienone is 1. The van der Waals surface area contributed by atoms with E-state index in [1.807, 2.05) is 0 Å². The average Bonchev–Trinajstić information content (AvgIpc) is 3.28. The van der Waals surface area contributed by atoms with Gasteiger partial charge in [-0.3, -0.25) is 9.59 Å². The molecule has 1 heterocycles. The van der Waals surface area contributed by atoms with Crippen molar-refractivity contribution in [3.05, 3.63) is 77.9 Å². The molecular weight excluding hydrogens is 452 g/mol. The Morgan fingerprint density at radius 1 is 0.857 bits per heavy atom. The lowest BCUT2D eigenvalue weighted by Crippen LogP contribution is -2.19. The highest BCUT2D eigenvalue weighted by molar-refractivity contribution is 6.00. The molecule has 0 unspecified atom stereocenters. The molecule has 1 aromatic heterocycles. The number of aromatic hydroxyl groups is 4. The molecule has 0 saturated heterocycles. The van der Waals surface area contributed by atoms with Gasteiger partial charge in [-0.15, -0.1) is 0 Å². The second-order valence-electron chi connectivity index (χ2n) is 8.14. The molecule has 0 saturated carbocycles. The number of carbonyl (C=O) groups excluding carboxylic acids is 1. The van der Waals surface area contributed by atoms with E-state index in [4.69, 9.17) is 4.42 Å². The molecule has 0 radical (unpaired) electrons. The van der Waals surface area contributed by atoms with E-state index in [0.717, 1.165) is 0 Å². The van der Waals surface area contributed by atoms with Crippen molar-refractivity contribution < 1.29 is 39.5 Å². The minimum atomic E-state index is -1.09. The molecule has 178 valence electrons. The van der Waals surface area contributed by atoms with Crippen LogP contribution in [0.15, 0.2) is 71.2 Å². The standard InChI is InChI=1S/C27H22O8/c28-19-6-1-15(2-7-19)11-18(27(33)34)12-20(29)8-3-16-4-10-23(31)26-21(16)14-25(35-26)17-5-9-22(30)24(32)13-17/h1-10,13-14,18,28,30-32H,11-12H2,(H,33,34)/b8-3+/t18-/m1/s1. The van der Waals surface area contributed by atoms with E-state index in [1.165, 1.54) is 42.5 Å². The molecule has 35 heavy (non-hydrogen) atoms. The molecule has 0 aliphatic rings. The molecule has 1 atom stereocenters. The van der Waals surface area contributed by atoms with Crippen molar-refractivity contribution in [2.45, 2.75) is 12.8 Å². The van der Waals surface area contributed by atoms with Gasteiger partial charge in [-0.25, -0.2) is 0 Å². The minimum Gasteiger partial charge on any atom is -0.508 e. The van der Waals surface area contributed by atoms with E-state index in [2.05, 4.69) is 0 Å². The smallest absolute Gasteiger partial charge is 0.307 e. The van der Waals surface area contributed by atoms with Crippen LogP contribution in [0, 0.1) is 5.92 Å². The number of carboxylic acid groups (broad SMARTS) is 1. The van der Waals surface area contributed by atoms with Crippen LogP contribution in [0.25, 0.3) is 28.4 Å². The molecule has 0 fully saturated rings. The van der Waals surface area contributed by atoms with Crippen LogP contribution in [0.5, 0.6) is 23.0 Å². The fraction of sp³-hybridized carbons (Fsp3) is 0.111. The lowest BCUT2D eigenvalue weighted by atomic mass is 9.94. The quantitative estimate of drug-likeness (QED) is 0.180. The zero-order valence-corrected chi connectivity index (χ0v) is 18.4. The van der Waals surface area contributed by atoms with Gasteiger partial charge in [0.25, 0.3) is 0 Å². The Hall–Kier alpha value is -4.72. The average molecular weight is 474 g/mol. The summed E-state index contributed by atoms with van der Waals surface area (Å²) in [7, 11) is 0. The summed E-state index contributed by atoms with van der Waals surface area (Å²) >= 11 is 0. The predicted molar refractivity (Wildman–Crippen MR) is 128 cm³/mol. The van der Waals surface area contributed by atoms with Crippen LogP contribution in [-0.4, -0.2) is 37.3 Å². The first-order chi connectivity index (χ1) is 16.7. The zero-order chi connectivity index (χ0) is 25.1. The molecule has 8 heteroatoms. The second kappa shape index (κ2) is 9.64. The lowest BCUT2D eigenvalue weighted by molar-refractivity contribution is -0.143. The number of carbonyl (C=O) groups is 2. The Balaban J connectivity index is 1.56. The maximum absolute atomic E-state index is 12.6. The molecule has 0 aliphatic carbocycles. The monoisotopic (exact) mass is 474 g/mol. The van der Waals surface area contributed by atoms with Gasteiger partial charge >= 0.3 is 5.97 Å². The number of benzene rings is 3. The van der Waals surface area contributed by atoms with Crippen LogP contribution in [-0.2, 0) is 16.0 Å². The SMILES string of the molecule is O=C(/C=C/c1ccc(O)c2oc(-c3ccc(O)c(O)c3)cc12)C[C@@H](Cc1ccc(O)cc1)C(=O)O. The summed E-state index contributed by atoms with van der Waals surface area (Å²) in [6.07, 6.45) is 2.75. The van der Waals surface area contributed by atoms with E-state index in [1.54, 1.807) is 30.3 Å². The highest BCUT2D eigenvalue weighted by atomic mass is 16.4. The minimum absolute atomic E-state index is 0.0736. The van der Waals surface area contributed by atoms with Crippen LogP contribution >= 0.6 is 0 Å². The van der Waals surface area contributed by atoms with Crippen LogP contribution in [0.1, 0.15) is 17.5 Å². The molecule has 3 aromatic carbocycles. The van der Waals surface area contributed by atoms with Crippen molar-refractivity contribution in [2.75, 3.05) is 0 Å². The lowest BCUT2D eigenvalue weighted by Gasteiger charge is -2.10. The number of aliphatic carboxylic acids is 1. The fourth-order valence-corrected chi connectivity index (χ4v) is 3.75. The van der Waals surface area contributed by atoms with Gasteiger partial charge in [0.15, 0.2) is 28.6 Å². The highest BCUT2D eigenvalue weighted by Gasteiger charge is 2.21. The Morgan fingerprint density at radius 2 is 1.57 bits per heavy atom. The van der Waals surface area contributed by atoms with Crippen LogP contribution < -0.4 is 0 Å². The van der Waals surface area contributed by atoms with Crippen molar-refractivity contribution in [3.8, 4) is 34.3 Å². The predicted octanol–water partition coefficient (Wildman–Crippen LogP) is 4.84. The summed E-state index contributed by atoms with van der Waals surface area (Å²) in [5, 5.41) is 48.9. The molecule has 5 N–H and O–H groups in total. The zero-order valence-electron chi connectivity index (χ0n) is 18.4. The number of rotatable bonds is 8. The number of ketones is 1. The number of phenols is 4. The van der Waals surface area contributed by atoms with Crippen LogP contribution in [0.4, 0.5) is 0 Å². The van der Waals surface area contributed by atoms with Gasteiger partial charge < -0.3 is 29.9 Å². The van der Waals surface area contributed by atoms with E-state index in [0.29, 0.717) is 27.8 Å². The number of phenolic OH excluding ortho intramolecular Hbond substituents is 4. The molecule has 0 bridgehead atoms. The first-order valence-corrected chi connectivity index (χ1v) is 10.7. The Bertz CT molecular complexity index is 1430. The number of carboxylic acids is 1. The van der Waals surface area contributed by atoms with Gasteiger partial charge in [0.05, 0.1) is 5.92 Å². The van der Waals surface area contributed by atoms with Gasteiger partial charge in [0.1, 0.15) is 11.5 Å². The molecule has 4 rings (SSSR count). The third-order valence-corrected chi connectivity index (χ3v) is 5.62. The first kappa shape index (κ1) is 23.4. The van der Waals surface area contributed by atoms with E-state index in [-0.39, 0.29) is 47.2 Å². The second-order valence-corrected chi connectivity index (χ2v) is 8.14. The summed E-state index contributed by atoms with van der Waals surface area (Å²) in [5.74, 6) is -2.72. The summed E-state index contributed by atoms with van der Waals surface area (Å²) < 4.78 is 5.74. The first-order valence-electron chi connectivity index (χ1n) is 10.7. The fourth-order valence-electron chi connectivity index (χ4n) is 3.75. The molecule has 0 spiro atoms. The molecule has 4 aromatic rings. The maximum Gasteiger partial charge on any atom is 0.307 e. The van der Waals surface area contributed by atoms with E-state index in [9.17, 15) is 35.1 Å². The number of hydrogen-bond donors (Lipinski definition) is 5. The van der Waals surface area contributed by atoms with E-state index < -0.39 is 11.9 Å². The number of fused-ring (bicyclic) bond motifs is 1. The van der Waals surface area contributed by atoms with Gasteiger partial charge in [-0.2, -0.15) is 0 Å². The van der Waals surface area contributed by atoms with Crippen molar-refractivity contribution in [3.63, 3.8) is 0 Å². The third kappa shape index (κ3) is 5.27. The molecule has 0 aliphatic heterocycles. The summed E-state index contributed by atoms with van der Waals surface area (Å²) in [4.78, 5) is 24.2. The van der Waals surface area contributed by atoms with Gasteiger partial charge in [-0.05, 0) is 66.1 Å². The Kier molecular flexibility index (Phi) is 6.46. The maximum atomic E-state index is 12.6. The van der Waals surface area contributed by atoms with Crippen molar-refractivity contribution in [1.82, 2.24) is 0 Å². The van der Waals surface area contributed by atoms with Gasteiger partial charge in [0, 0.05) is 17.4 Å². The number of hydrogen-bond acceptors (Lipinski definition) is 7.